The first kappa shape index (κ1) is 10.1. The summed E-state index contributed by atoms with van der Waals surface area (Å²) in [6, 6.07) is -0.349. The summed E-state index contributed by atoms with van der Waals surface area (Å²) in [7, 11) is 0. The predicted molar refractivity (Wildman–Crippen MR) is 50.1 cm³/mol. The molecular weight excluding hydrogens is 200 g/mol. The predicted octanol–water partition coefficient (Wildman–Crippen LogP) is -0.571. The van der Waals surface area contributed by atoms with E-state index in [9.17, 15) is 14.7 Å². The van der Waals surface area contributed by atoms with Gasteiger partial charge in [0, 0.05) is 6.21 Å². The molecule has 0 bridgehead atoms. The lowest BCUT2D eigenvalue weighted by molar-refractivity contribution is -0.148. The zero-order valence-corrected chi connectivity index (χ0v) is 8.04. The number of aliphatic carboxylic acids is 1. The number of carbonyl (C=O) groups is 2. The number of rotatable bonds is 2. The summed E-state index contributed by atoms with van der Waals surface area (Å²) in [5, 5.41) is 23.2. The number of carboxylic acid groups (broad SMARTS) is 1. The number of amides is 1. The average Bonchev–Trinajstić information content (AvgIpc) is 2.71. The number of hydrogen-bond donors (Lipinski definition) is 2. The molecule has 6 heteroatoms. The van der Waals surface area contributed by atoms with Gasteiger partial charge in [-0.1, -0.05) is 0 Å². The van der Waals surface area contributed by atoms with Gasteiger partial charge in [-0.3, -0.25) is 9.59 Å². The molecule has 0 spiro atoms. The quantitative estimate of drug-likeness (QED) is 0.600. The molecular formula is C9H12N2O4. The maximum absolute atomic E-state index is 11.6. The van der Waals surface area contributed by atoms with Gasteiger partial charge in [-0.2, -0.15) is 5.10 Å². The first-order chi connectivity index (χ1) is 7.11. The van der Waals surface area contributed by atoms with Crippen molar-refractivity contribution < 1.29 is 19.8 Å². The maximum atomic E-state index is 11.6. The lowest BCUT2D eigenvalue weighted by Gasteiger charge is -2.23. The van der Waals surface area contributed by atoms with Gasteiger partial charge in [0.05, 0.1) is 12.1 Å². The molecule has 0 aromatic carbocycles. The monoisotopic (exact) mass is 212 g/mol. The van der Waals surface area contributed by atoms with Crippen LogP contribution in [0.25, 0.3) is 0 Å². The van der Waals surface area contributed by atoms with Crippen LogP contribution >= 0.6 is 0 Å². The van der Waals surface area contributed by atoms with Crippen LogP contribution in [0.15, 0.2) is 5.10 Å². The van der Waals surface area contributed by atoms with Crippen LogP contribution < -0.4 is 0 Å². The van der Waals surface area contributed by atoms with Crippen molar-refractivity contribution in [2.45, 2.75) is 31.4 Å². The fourth-order valence-electron chi connectivity index (χ4n) is 2.03. The van der Waals surface area contributed by atoms with E-state index >= 15 is 0 Å². The van der Waals surface area contributed by atoms with E-state index in [1.165, 1.54) is 0 Å². The Morgan fingerprint density at radius 2 is 2.27 bits per heavy atom. The van der Waals surface area contributed by atoms with E-state index in [4.69, 9.17) is 5.11 Å². The average molecular weight is 212 g/mol. The molecule has 3 atom stereocenters. The minimum absolute atomic E-state index is 0.349. The highest BCUT2D eigenvalue weighted by Crippen LogP contribution is 2.27. The lowest BCUT2D eigenvalue weighted by atomic mass is 10.1. The number of aliphatic hydroxyl groups is 1. The number of aliphatic hydroxyl groups excluding tert-OH is 1. The standard InChI is InChI=1S/C9H12N2O4/c12-7-3-1-2-6(7)11-8(13)5(4-10-11)9(14)15/h4-7,12H,1-3H2,(H,14,15). The Labute approximate surface area is 86.2 Å². The lowest BCUT2D eigenvalue weighted by Crippen LogP contribution is -2.41. The summed E-state index contributed by atoms with van der Waals surface area (Å²) in [6.07, 6.45) is 2.69. The molecule has 82 valence electrons. The molecule has 2 rings (SSSR count). The van der Waals surface area contributed by atoms with E-state index in [1.54, 1.807) is 0 Å². The zero-order chi connectivity index (χ0) is 11.0. The Kier molecular flexibility index (Phi) is 2.44. The fraction of sp³-hybridized carbons (Fsp3) is 0.667. The second-order valence-electron chi connectivity index (χ2n) is 3.83. The molecule has 2 aliphatic rings. The van der Waals surface area contributed by atoms with Gasteiger partial charge < -0.3 is 10.2 Å². The highest BCUT2D eigenvalue weighted by atomic mass is 16.4. The van der Waals surface area contributed by atoms with Gasteiger partial charge in [0.15, 0.2) is 5.92 Å². The fourth-order valence-corrected chi connectivity index (χ4v) is 2.03. The topological polar surface area (TPSA) is 90.2 Å². The Bertz CT molecular complexity index is 328. The third-order valence-electron chi connectivity index (χ3n) is 2.86. The van der Waals surface area contributed by atoms with Crippen LogP contribution in [-0.2, 0) is 9.59 Å². The third kappa shape index (κ3) is 1.61. The van der Waals surface area contributed by atoms with E-state index < -0.39 is 23.9 Å². The molecule has 1 fully saturated rings. The van der Waals surface area contributed by atoms with Gasteiger partial charge in [-0.05, 0) is 19.3 Å². The number of hydrogen-bond acceptors (Lipinski definition) is 4. The molecule has 15 heavy (non-hydrogen) atoms. The Morgan fingerprint density at radius 1 is 1.53 bits per heavy atom. The largest absolute Gasteiger partial charge is 0.480 e. The van der Waals surface area contributed by atoms with Crippen molar-refractivity contribution in [1.29, 1.82) is 0 Å². The molecule has 0 saturated heterocycles. The highest BCUT2D eigenvalue weighted by molar-refractivity contribution is 6.13. The first-order valence-corrected chi connectivity index (χ1v) is 4.89. The van der Waals surface area contributed by atoms with Crippen molar-refractivity contribution >= 4 is 18.1 Å². The van der Waals surface area contributed by atoms with Crippen molar-refractivity contribution in [2.24, 2.45) is 11.0 Å². The van der Waals surface area contributed by atoms with Gasteiger partial charge in [0.2, 0.25) is 0 Å². The van der Waals surface area contributed by atoms with Crippen LogP contribution in [0.3, 0.4) is 0 Å². The molecule has 0 aromatic rings. The minimum Gasteiger partial charge on any atom is -0.480 e. The Balaban J connectivity index is 2.10. The van der Waals surface area contributed by atoms with Crippen LogP contribution in [0.1, 0.15) is 19.3 Å². The number of hydrazone groups is 1. The number of carboxylic acids is 1. The van der Waals surface area contributed by atoms with E-state index in [-0.39, 0.29) is 6.04 Å². The summed E-state index contributed by atoms with van der Waals surface area (Å²) in [4.78, 5) is 22.2. The molecule has 6 nitrogen and oxygen atoms in total. The number of nitrogens with zero attached hydrogens (tertiary/aromatic N) is 2. The van der Waals surface area contributed by atoms with Crippen LogP contribution in [0, 0.1) is 5.92 Å². The van der Waals surface area contributed by atoms with E-state index in [0.717, 1.165) is 17.6 Å². The molecule has 1 heterocycles. The Hall–Kier alpha value is -1.43. The summed E-state index contributed by atoms with van der Waals surface area (Å²) in [6.45, 7) is 0. The normalized spacial score (nSPS) is 35.1. The summed E-state index contributed by atoms with van der Waals surface area (Å²) >= 11 is 0. The van der Waals surface area contributed by atoms with Gasteiger partial charge in [-0.15, -0.1) is 0 Å². The molecule has 0 radical (unpaired) electrons. The van der Waals surface area contributed by atoms with Gasteiger partial charge in [0.25, 0.3) is 5.91 Å². The molecule has 1 aliphatic heterocycles. The Morgan fingerprint density at radius 3 is 2.73 bits per heavy atom. The van der Waals surface area contributed by atoms with E-state index in [2.05, 4.69) is 5.10 Å². The van der Waals surface area contributed by atoms with Gasteiger partial charge >= 0.3 is 5.97 Å². The SMILES string of the molecule is O=C(O)C1C=NN(C2CCCC2O)C1=O. The zero-order valence-electron chi connectivity index (χ0n) is 8.04. The van der Waals surface area contributed by atoms with Gasteiger partial charge in [0.1, 0.15) is 0 Å². The van der Waals surface area contributed by atoms with Crippen LogP contribution in [0.4, 0.5) is 0 Å². The van der Waals surface area contributed by atoms with Crippen molar-refractivity contribution in [3.63, 3.8) is 0 Å². The van der Waals surface area contributed by atoms with Crippen molar-refractivity contribution in [2.75, 3.05) is 0 Å². The second-order valence-corrected chi connectivity index (χ2v) is 3.83. The van der Waals surface area contributed by atoms with E-state index in [1.807, 2.05) is 0 Å². The first-order valence-electron chi connectivity index (χ1n) is 4.89. The summed E-state index contributed by atoms with van der Waals surface area (Å²) < 4.78 is 0. The van der Waals surface area contributed by atoms with Crippen molar-refractivity contribution in [1.82, 2.24) is 5.01 Å². The molecule has 1 amide bonds. The van der Waals surface area contributed by atoms with Crippen molar-refractivity contribution in [3.8, 4) is 0 Å². The van der Waals surface area contributed by atoms with Gasteiger partial charge in [-0.25, -0.2) is 5.01 Å². The molecule has 3 unspecified atom stereocenters. The molecule has 0 aromatic heterocycles. The van der Waals surface area contributed by atoms with Crippen molar-refractivity contribution in [3.05, 3.63) is 0 Å². The highest BCUT2D eigenvalue weighted by Gasteiger charge is 2.41. The third-order valence-corrected chi connectivity index (χ3v) is 2.86. The second kappa shape index (κ2) is 3.62. The van der Waals surface area contributed by atoms with E-state index in [0.29, 0.717) is 12.8 Å². The molecule has 1 aliphatic carbocycles. The summed E-state index contributed by atoms with van der Waals surface area (Å²) in [5.74, 6) is -2.93. The minimum atomic E-state index is -1.20. The van der Waals surface area contributed by atoms with Crippen LogP contribution in [0.2, 0.25) is 0 Å². The maximum Gasteiger partial charge on any atom is 0.321 e. The summed E-state index contributed by atoms with van der Waals surface area (Å²) in [5.41, 5.74) is 0. The molecule has 1 saturated carbocycles. The smallest absolute Gasteiger partial charge is 0.321 e. The van der Waals surface area contributed by atoms with Crippen LogP contribution in [0.5, 0.6) is 0 Å². The van der Waals surface area contributed by atoms with Crippen LogP contribution in [-0.4, -0.2) is 45.5 Å². The molecule has 2 N–H and O–H groups in total. The number of carbonyl (C=O) groups excluding carboxylic acids is 1.